The summed E-state index contributed by atoms with van der Waals surface area (Å²) in [7, 11) is 0. The van der Waals surface area contributed by atoms with Crippen LogP contribution in [0.25, 0.3) is 0 Å². The number of aromatic nitrogens is 2. The van der Waals surface area contributed by atoms with Crippen LogP contribution < -0.4 is 5.56 Å². The van der Waals surface area contributed by atoms with Crippen LogP contribution in [0.2, 0.25) is 0 Å². The molecule has 4 nitrogen and oxygen atoms in total. The van der Waals surface area contributed by atoms with E-state index in [2.05, 4.69) is 4.98 Å². The second kappa shape index (κ2) is 2.92. The summed E-state index contributed by atoms with van der Waals surface area (Å²) < 4.78 is 6.70. The summed E-state index contributed by atoms with van der Waals surface area (Å²) in [5.74, 6) is 0.550. The van der Waals surface area contributed by atoms with Crippen LogP contribution in [-0.2, 0) is 11.3 Å². The molecule has 3 rings (SSSR count). The largest absolute Gasteiger partial charge is 0.371 e. The Labute approximate surface area is 81.5 Å². The van der Waals surface area contributed by atoms with E-state index in [1.807, 2.05) is 0 Å². The molecule has 0 radical (unpaired) electrons. The third-order valence-corrected chi connectivity index (χ3v) is 2.70. The molecule has 1 aromatic rings. The van der Waals surface area contributed by atoms with Crippen LogP contribution in [0.4, 0.5) is 0 Å². The van der Waals surface area contributed by atoms with Crippen molar-refractivity contribution < 1.29 is 4.74 Å². The molecule has 1 aliphatic heterocycles. The zero-order valence-electron chi connectivity index (χ0n) is 7.85. The Morgan fingerprint density at radius 3 is 2.93 bits per heavy atom. The average molecular weight is 192 g/mol. The van der Waals surface area contributed by atoms with Gasteiger partial charge in [-0.15, -0.1) is 0 Å². The molecule has 1 saturated carbocycles. The van der Waals surface area contributed by atoms with E-state index in [1.165, 1.54) is 12.8 Å². The Morgan fingerprint density at radius 2 is 2.36 bits per heavy atom. The smallest absolute Gasteiger partial charge is 0.253 e. The van der Waals surface area contributed by atoms with E-state index >= 15 is 0 Å². The van der Waals surface area contributed by atoms with Crippen molar-refractivity contribution in [3.63, 3.8) is 0 Å². The number of rotatable bonds is 3. The van der Waals surface area contributed by atoms with Gasteiger partial charge in [0.2, 0.25) is 0 Å². The minimum Gasteiger partial charge on any atom is -0.371 e. The second-order valence-corrected chi connectivity index (χ2v) is 4.03. The lowest BCUT2D eigenvalue weighted by atomic mass is 10.3. The highest BCUT2D eigenvalue weighted by Gasteiger charge is 2.26. The van der Waals surface area contributed by atoms with Gasteiger partial charge in [0.05, 0.1) is 31.3 Å². The summed E-state index contributed by atoms with van der Waals surface area (Å²) in [4.78, 5) is 15.9. The highest BCUT2D eigenvalue weighted by molar-refractivity contribution is 5.12. The van der Waals surface area contributed by atoms with E-state index in [-0.39, 0.29) is 11.7 Å². The van der Waals surface area contributed by atoms with Crippen LogP contribution in [0.1, 0.15) is 24.5 Å². The van der Waals surface area contributed by atoms with Gasteiger partial charge in [-0.05, 0) is 12.8 Å². The molecule has 1 saturated heterocycles. The van der Waals surface area contributed by atoms with Crippen LogP contribution in [0.5, 0.6) is 0 Å². The first kappa shape index (κ1) is 8.17. The topological polar surface area (TPSA) is 47.4 Å². The molecule has 74 valence electrons. The van der Waals surface area contributed by atoms with Gasteiger partial charge in [-0.25, -0.2) is 4.98 Å². The van der Waals surface area contributed by atoms with Gasteiger partial charge in [0.15, 0.2) is 0 Å². The van der Waals surface area contributed by atoms with Crippen molar-refractivity contribution >= 4 is 0 Å². The summed E-state index contributed by atoms with van der Waals surface area (Å²) >= 11 is 0. The van der Waals surface area contributed by atoms with Crippen LogP contribution in [0.3, 0.4) is 0 Å². The number of hydrogen-bond donors (Lipinski definition) is 0. The molecule has 4 heteroatoms. The highest BCUT2D eigenvalue weighted by atomic mass is 16.6. The van der Waals surface area contributed by atoms with Crippen molar-refractivity contribution in [1.29, 1.82) is 0 Å². The van der Waals surface area contributed by atoms with Crippen molar-refractivity contribution in [3.8, 4) is 0 Å². The number of nitrogens with zero attached hydrogens (tertiary/aromatic N) is 2. The lowest BCUT2D eigenvalue weighted by Gasteiger charge is -2.03. The molecule has 1 aromatic heterocycles. The maximum absolute atomic E-state index is 11.6. The van der Waals surface area contributed by atoms with E-state index in [9.17, 15) is 4.79 Å². The van der Waals surface area contributed by atoms with E-state index in [4.69, 9.17) is 4.74 Å². The Morgan fingerprint density at radius 1 is 1.57 bits per heavy atom. The molecular formula is C10H12N2O2. The first-order valence-electron chi connectivity index (χ1n) is 5.01. The van der Waals surface area contributed by atoms with Crippen LogP contribution >= 0.6 is 0 Å². The Bertz CT molecular complexity index is 405. The molecule has 0 bridgehead atoms. The predicted octanol–water partition coefficient (Wildman–Crippen LogP) is 0.519. The quantitative estimate of drug-likeness (QED) is 0.656. The summed E-state index contributed by atoms with van der Waals surface area (Å²) in [5.41, 5.74) is 1.01. The first-order chi connectivity index (χ1) is 6.83. The van der Waals surface area contributed by atoms with Crippen molar-refractivity contribution in [2.24, 2.45) is 0 Å². The molecule has 0 spiro atoms. The normalized spacial score (nSPS) is 25.0. The minimum atomic E-state index is 0.0531. The Balaban J connectivity index is 1.85. The monoisotopic (exact) mass is 192 g/mol. The lowest BCUT2D eigenvalue weighted by Crippen LogP contribution is -2.22. The van der Waals surface area contributed by atoms with Gasteiger partial charge in [0, 0.05) is 12.0 Å². The van der Waals surface area contributed by atoms with E-state index in [0.29, 0.717) is 12.5 Å². The van der Waals surface area contributed by atoms with Gasteiger partial charge in [0.1, 0.15) is 0 Å². The second-order valence-electron chi connectivity index (χ2n) is 4.03. The van der Waals surface area contributed by atoms with Crippen LogP contribution in [0, 0.1) is 0 Å². The van der Waals surface area contributed by atoms with Crippen molar-refractivity contribution in [2.45, 2.75) is 31.4 Å². The summed E-state index contributed by atoms with van der Waals surface area (Å²) in [5, 5.41) is 0. The maximum atomic E-state index is 11.6. The highest BCUT2D eigenvalue weighted by Crippen LogP contribution is 2.38. The van der Waals surface area contributed by atoms with Crippen molar-refractivity contribution in [3.05, 3.63) is 28.4 Å². The first-order valence-corrected chi connectivity index (χ1v) is 5.01. The van der Waals surface area contributed by atoms with E-state index in [1.54, 1.807) is 17.0 Å². The Hall–Kier alpha value is -1.16. The average Bonchev–Trinajstić information content (AvgIpc) is 3.02. The zero-order valence-corrected chi connectivity index (χ0v) is 7.85. The minimum absolute atomic E-state index is 0.0531. The fourth-order valence-corrected chi connectivity index (χ4v) is 1.57. The Kier molecular flexibility index (Phi) is 1.70. The van der Waals surface area contributed by atoms with Gasteiger partial charge in [-0.1, -0.05) is 0 Å². The van der Waals surface area contributed by atoms with E-state index < -0.39 is 0 Å². The third-order valence-electron chi connectivity index (χ3n) is 2.70. The predicted molar refractivity (Wildman–Crippen MR) is 50.2 cm³/mol. The zero-order chi connectivity index (χ0) is 9.54. The fourth-order valence-electron chi connectivity index (χ4n) is 1.57. The van der Waals surface area contributed by atoms with Gasteiger partial charge in [-0.3, -0.25) is 9.36 Å². The van der Waals surface area contributed by atoms with Crippen LogP contribution in [0.15, 0.2) is 17.2 Å². The molecule has 2 fully saturated rings. The fraction of sp³-hybridized carbons (Fsp3) is 0.600. The molecule has 0 aromatic carbocycles. The molecule has 0 unspecified atom stereocenters. The van der Waals surface area contributed by atoms with Gasteiger partial charge in [-0.2, -0.15) is 0 Å². The van der Waals surface area contributed by atoms with Crippen LogP contribution in [-0.4, -0.2) is 22.3 Å². The van der Waals surface area contributed by atoms with Gasteiger partial charge >= 0.3 is 0 Å². The number of hydrogen-bond acceptors (Lipinski definition) is 3. The van der Waals surface area contributed by atoms with E-state index in [0.717, 1.165) is 12.3 Å². The van der Waals surface area contributed by atoms with Gasteiger partial charge in [0.25, 0.3) is 5.56 Å². The molecule has 2 heterocycles. The summed E-state index contributed by atoms with van der Waals surface area (Å²) in [6, 6.07) is 1.67. The molecular weight excluding hydrogens is 180 g/mol. The number of ether oxygens (including phenoxy) is 1. The lowest BCUT2D eigenvalue weighted by molar-refractivity contribution is 0.379. The van der Waals surface area contributed by atoms with Gasteiger partial charge < -0.3 is 4.74 Å². The molecule has 14 heavy (non-hydrogen) atoms. The summed E-state index contributed by atoms with van der Waals surface area (Å²) in [6.45, 7) is 1.42. The van der Waals surface area contributed by atoms with Crippen molar-refractivity contribution in [1.82, 2.24) is 9.55 Å². The summed E-state index contributed by atoms with van der Waals surface area (Å²) in [6.07, 6.45) is 4.25. The molecule has 2 aliphatic rings. The molecule has 0 N–H and O–H groups in total. The standard InChI is InChI=1S/C10H12N2O2/c13-10-3-9(7-1-2-7)11-6-12(10)4-8-5-14-8/h3,6-8H,1-2,4-5H2/t8-/m0/s1. The maximum Gasteiger partial charge on any atom is 0.253 e. The third kappa shape index (κ3) is 1.57. The van der Waals surface area contributed by atoms with Crippen molar-refractivity contribution in [2.75, 3.05) is 6.61 Å². The molecule has 1 aliphatic carbocycles. The number of epoxide rings is 1. The SMILES string of the molecule is O=c1cc(C2CC2)ncn1C[C@H]1CO1. The molecule has 0 amide bonds. The molecule has 1 atom stereocenters.